The first-order valence-electron chi connectivity index (χ1n) is 10.1. The predicted octanol–water partition coefficient (Wildman–Crippen LogP) is 3.41. The summed E-state index contributed by atoms with van der Waals surface area (Å²) in [5, 5.41) is 3.46. The Morgan fingerprint density at radius 2 is 1.90 bits per heavy atom. The Bertz CT molecular complexity index is 863. The van der Waals surface area contributed by atoms with Gasteiger partial charge in [-0.1, -0.05) is 12.1 Å². The Kier molecular flexibility index (Phi) is 6.30. The second kappa shape index (κ2) is 8.71. The highest BCUT2D eigenvalue weighted by atomic mass is 16.6. The molecule has 3 rings (SSSR count). The van der Waals surface area contributed by atoms with Crippen LogP contribution in [-0.4, -0.2) is 57.9 Å². The zero-order valence-electron chi connectivity index (χ0n) is 17.6. The van der Waals surface area contributed by atoms with Gasteiger partial charge in [0.1, 0.15) is 12.1 Å². The van der Waals surface area contributed by atoms with Crippen LogP contribution in [0.3, 0.4) is 0 Å². The Hall–Kier alpha value is -2.77. The molecule has 0 radical (unpaired) electrons. The molecule has 0 aliphatic carbocycles. The molecule has 2 heterocycles. The number of carbonyl (C=O) groups excluding carboxylic acids is 2. The van der Waals surface area contributed by atoms with E-state index in [4.69, 9.17) is 9.47 Å². The minimum absolute atomic E-state index is 0.105. The quantitative estimate of drug-likeness (QED) is 0.772. The van der Waals surface area contributed by atoms with Gasteiger partial charge in [-0.2, -0.15) is 0 Å². The summed E-state index contributed by atoms with van der Waals surface area (Å²) >= 11 is 0. The van der Waals surface area contributed by atoms with Gasteiger partial charge in [-0.15, -0.1) is 0 Å². The molecule has 1 amide bonds. The molecule has 0 bridgehead atoms. The van der Waals surface area contributed by atoms with E-state index in [1.807, 2.05) is 49.6 Å². The van der Waals surface area contributed by atoms with Crippen LogP contribution in [0.15, 0.2) is 24.3 Å². The fraction of sp³-hybridized carbons (Fsp3) is 0.571. The lowest BCUT2D eigenvalue weighted by Gasteiger charge is -2.33. The number of anilines is 1. The normalized spacial score (nSPS) is 15.4. The zero-order valence-corrected chi connectivity index (χ0v) is 17.6. The monoisotopic (exact) mass is 402 g/mol. The lowest BCUT2D eigenvalue weighted by Crippen LogP contribution is -2.44. The third-order valence-corrected chi connectivity index (χ3v) is 4.73. The average Bonchev–Trinajstić information content (AvgIpc) is 2.98. The van der Waals surface area contributed by atoms with E-state index in [1.165, 1.54) is 0 Å². The summed E-state index contributed by atoms with van der Waals surface area (Å²) in [5.74, 6) is 0.355. The molecule has 29 heavy (non-hydrogen) atoms. The van der Waals surface area contributed by atoms with Crippen LogP contribution < -0.4 is 5.32 Å². The van der Waals surface area contributed by atoms with E-state index in [0.29, 0.717) is 25.6 Å². The molecular formula is C21H30N4O4. The first-order chi connectivity index (χ1) is 13.8. The van der Waals surface area contributed by atoms with Gasteiger partial charge in [-0.25, -0.2) is 9.78 Å². The van der Waals surface area contributed by atoms with E-state index >= 15 is 0 Å². The molecule has 1 N–H and O–H groups in total. The van der Waals surface area contributed by atoms with Gasteiger partial charge in [0.2, 0.25) is 5.95 Å². The summed E-state index contributed by atoms with van der Waals surface area (Å²) in [4.78, 5) is 30.7. The summed E-state index contributed by atoms with van der Waals surface area (Å²) < 4.78 is 12.4. The fourth-order valence-corrected chi connectivity index (χ4v) is 3.40. The van der Waals surface area contributed by atoms with Crippen molar-refractivity contribution in [1.82, 2.24) is 14.5 Å². The standard InChI is InChI=1S/C21H30N4O4/c1-5-28-18(26)14-25-17-9-7-6-8-16(17)23-19(25)22-15-10-12-24(13-11-15)20(27)29-21(2,3)4/h6-9,15H,5,10-14H2,1-4H3,(H,22,23). The number of esters is 1. The predicted molar refractivity (Wildman–Crippen MR) is 111 cm³/mol. The van der Waals surface area contributed by atoms with Gasteiger partial charge in [0.15, 0.2) is 0 Å². The van der Waals surface area contributed by atoms with E-state index in [0.717, 1.165) is 23.9 Å². The average molecular weight is 402 g/mol. The lowest BCUT2D eigenvalue weighted by molar-refractivity contribution is -0.143. The minimum Gasteiger partial charge on any atom is -0.465 e. The molecular weight excluding hydrogens is 372 g/mol. The second-order valence-corrected chi connectivity index (χ2v) is 8.20. The molecule has 2 aromatic rings. The number of piperidine rings is 1. The molecule has 158 valence electrons. The number of fused-ring (bicyclic) bond motifs is 1. The molecule has 8 nitrogen and oxygen atoms in total. The summed E-state index contributed by atoms with van der Waals surface area (Å²) in [6.07, 6.45) is 1.29. The molecule has 8 heteroatoms. The van der Waals surface area contributed by atoms with Crippen molar-refractivity contribution in [2.24, 2.45) is 0 Å². The van der Waals surface area contributed by atoms with Gasteiger partial charge < -0.3 is 19.7 Å². The first kappa shape index (κ1) is 21.0. The Morgan fingerprint density at radius 1 is 1.21 bits per heavy atom. The van der Waals surface area contributed by atoms with Crippen LogP contribution in [0.2, 0.25) is 0 Å². The van der Waals surface area contributed by atoms with Crippen LogP contribution in [0.4, 0.5) is 10.7 Å². The number of hydrogen-bond donors (Lipinski definition) is 1. The van der Waals surface area contributed by atoms with Gasteiger partial charge in [0, 0.05) is 19.1 Å². The molecule has 1 aromatic heterocycles. The second-order valence-electron chi connectivity index (χ2n) is 8.20. The highest BCUT2D eigenvalue weighted by Gasteiger charge is 2.27. The number of carbonyl (C=O) groups is 2. The van der Waals surface area contributed by atoms with Crippen molar-refractivity contribution in [1.29, 1.82) is 0 Å². The van der Waals surface area contributed by atoms with Crippen molar-refractivity contribution >= 4 is 29.0 Å². The number of benzene rings is 1. The number of amides is 1. The largest absolute Gasteiger partial charge is 0.465 e. The maximum atomic E-state index is 12.2. The molecule has 1 fully saturated rings. The van der Waals surface area contributed by atoms with Crippen molar-refractivity contribution in [2.75, 3.05) is 25.0 Å². The molecule has 1 aliphatic heterocycles. The molecule has 0 spiro atoms. The SMILES string of the molecule is CCOC(=O)Cn1c(NC2CCN(C(=O)OC(C)(C)C)CC2)nc2ccccc21. The number of ether oxygens (including phenoxy) is 2. The van der Waals surface area contributed by atoms with Crippen molar-refractivity contribution in [3.8, 4) is 0 Å². The number of para-hydroxylation sites is 2. The minimum atomic E-state index is -0.496. The van der Waals surface area contributed by atoms with Crippen LogP contribution >= 0.6 is 0 Å². The van der Waals surface area contributed by atoms with Crippen molar-refractivity contribution < 1.29 is 19.1 Å². The highest BCUT2D eigenvalue weighted by Crippen LogP contribution is 2.23. The number of nitrogens with one attached hydrogen (secondary N) is 1. The Labute approximate surface area is 171 Å². The van der Waals surface area contributed by atoms with Gasteiger partial charge >= 0.3 is 12.1 Å². The van der Waals surface area contributed by atoms with Gasteiger partial charge in [-0.3, -0.25) is 9.36 Å². The van der Waals surface area contributed by atoms with Crippen LogP contribution in [0.25, 0.3) is 11.0 Å². The van der Waals surface area contributed by atoms with E-state index < -0.39 is 5.60 Å². The van der Waals surface area contributed by atoms with E-state index in [2.05, 4.69) is 10.3 Å². The fourth-order valence-electron chi connectivity index (χ4n) is 3.40. The van der Waals surface area contributed by atoms with E-state index in [1.54, 1.807) is 11.8 Å². The van der Waals surface area contributed by atoms with Gasteiger partial charge in [0.05, 0.1) is 17.6 Å². The summed E-state index contributed by atoms with van der Waals surface area (Å²) in [7, 11) is 0. The third kappa shape index (κ3) is 5.40. The maximum absolute atomic E-state index is 12.2. The van der Waals surface area contributed by atoms with Crippen molar-refractivity contribution in [3.63, 3.8) is 0 Å². The first-order valence-corrected chi connectivity index (χ1v) is 10.1. The molecule has 1 aromatic carbocycles. The molecule has 1 saturated heterocycles. The number of nitrogens with zero attached hydrogens (tertiary/aromatic N) is 3. The van der Waals surface area contributed by atoms with Gasteiger partial charge in [0.25, 0.3) is 0 Å². The number of imidazole rings is 1. The van der Waals surface area contributed by atoms with Crippen LogP contribution in [0.5, 0.6) is 0 Å². The third-order valence-electron chi connectivity index (χ3n) is 4.73. The van der Waals surface area contributed by atoms with Crippen LogP contribution in [-0.2, 0) is 20.8 Å². The smallest absolute Gasteiger partial charge is 0.410 e. The van der Waals surface area contributed by atoms with Crippen LogP contribution in [0, 0.1) is 0 Å². The highest BCUT2D eigenvalue weighted by molar-refractivity contribution is 5.81. The molecule has 0 unspecified atom stereocenters. The van der Waals surface area contributed by atoms with Crippen molar-refractivity contribution in [2.45, 2.75) is 58.7 Å². The van der Waals surface area contributed by atoms with Gasteiger partial charge in [-0.05, 0) is 52.7 Å². The number of rotatable bonds is 5. The molecule has 1 aliphatic rings. The number of likely N-dealkylation sites (tertiary alicyclic amines) is 1. The summed E-state index contributed by atoms with van der Waals surface area (Å²) in [5.41, 5.74) is 1.21. The number of aromatic nitrogens is 2. The summed E-state index contributed by atoms with van der Waals surface area (Å²) in [6, 6.07) is 7.87. The maximum Gasteiger partial charge on any atom is 0.410 e. The zero-order chi connectivity index (χ0) is 21.0. The molecule has 0 atom stereocenters. The van der Waals surface area contributed by atoms with Crippen LogP contribution in [0.1, 0.15) is 40.5 Å². The van der Waals surface area contributed by atoms with Crippen molar-refractivity contribution in [3.05, 3.63) is 24.3 Å². The topological polar surface area (TPSA) is 85.7 Å². The molecule has 0 saturated carbocycles. The lowest BCUT2D eigenvalue weighted by atomic mass is 10.1. The Morgan fingerprint density at radius 3 is 2.55 bits per heavy atom. The number of hydrogen-bond acceptors (Lipinski definition) is 6. The van der Waals surface area contributed by atoms with E-state index in [-0.39, 0.29) is 24.6 Å². The Balaban J connectivity index is 1.68. The summed E-state index contributed by atoms with van der Waals surface area (Å²) in [6.45, 7) is 9.08. The van der Waals surface area contributed by atoms with E-state index in [9.17, 15) is 9.59 Å².